The van der Waals surface area contributed by atoms with Crippen molar-refractivity contribution in [2.75, 3.05) is 0 Å². The van der Waals surface area contributed by atoms with Gasteiger partial charge < -0.3 is 4.74 Å². The number of nitrogens with zero attached hydrogens (tertiary/aromatic N) is 6. The van der Waals surface area contributed by atoms with Crippen LogP contribution in [0.4, 0.5) is 0 Å². The molecule has 4 aromatic rings. The zero-order chi connectivity index (χ0) is 24.1. The number of carbonyl (C=O) groups is 1. The number of nitriles is 1. The number of hydrogen-bond acceptors (Lipinski definition) is 6. The number of aryl methyl sites for hydroxylation is 1. The van der Waals surface area contributed by atoms with Crippen LogP contribution in [0.1, 0.15) is 44.2 Å². The van der Waals surface area contributed by atoms with Crippen molar-refractivity contribution in [1.29, 1.82) is 5.26 Å². The van der Waals surface area contributed by atoms with Gasteiger partial charge in [-0.3, -0.25) is 14.0 Å². The fourth-order valence-corrected chi connectivity index (χ4v) is 3.92. The SMILES string of the molecule is CC(C)Cc1ccc(C(C)C(=O)OCn2ccc3c(-c4cnn(CCC#N)c4)ncnc32)cc1. The summed E-state index contributed by atoms with van der Waals surface area (Å²) in [6, 6.07) is 12.2. The van der Waals surface area contributed by atoms with E-state index in [0.29, 0.717) is 24.5 Å². The highest BCUT2D eigenvalue weighted by Crippen LogP contribution is 2.26. The van der Waals surface area contributed by atoms with Crippen molar-refractivity contribution < 1.29 is 9.53 Å². The van der Waals surface area contributed by atoms with Crippen molar-refractivity contribution >= 4 is 17.0 Å². The second kappa shape index (κ2) is 10.3. The van der Waals surface area contributed by atoms with Crippen molar-refractivity contribution in [3.05, 3.63) is 66.4 Å². The predicted octanol–water partition coefficient (Wildman–Crippen LogP) is 4.71. The Morgan fingerprint density at radius 2 is 1.94 bits per heavy atom. The molecule has 0 aliphatic carbocycles. The van der Waals surface area contributed by atoms with Crippen LogP contribution in [0, 0.1) is 17.2 Å². The van der Waals surface area contributed by atoms with Crippen LogP contribution < -0.4 is 0 Å². The van der Waals surface area contributed by atoms with Gasteiger partial charge in [0, 0.05) is 23.3 Å². The first-order valence-corrected chi connectivity index (χ1v) is 11.4. The largest absolute Gasteiger partial charge is 0.443 e. The Bertz CT molecular complexity index is 1310. The summed E-state index contributed by atoms with van der Waals surface area (Å²) in [5, 5.41) is 13.9. The van der Waals surface area contributed by atoms with Crippen LogP contribution in [0.3, 0.4) is 0 Å². The molecule has 34 heavy (non-hydrogen) atoms. The Morgan fingerprint density at radius 3 is 2.68 bits per heavy atom. The standard InChI is InChI=1S/C26H28N6O2/c1-18(2)13-20-5-7-21(8-6-20)19(3)26(33)34-17-31-12-9-23-24(28-16-29-25(23)31)22-14-30-32(15-22)11-4-10-27/h5-9,12,14-16,18-19H,4,11,13,17H2,1-3H3. The summed E-state index contributed by atoms with van der Waals surface area (Å²) in [5.74, 6) is -0.0560. The van der Waals surface area contributed by atoms with E-state index in [1.807, 2.05) is 37.5 Å². The molecular weight excluding hydrogens is 428 g/mol. The monoisotopic (exact) mass is 456 g/mol. The zero-order valence-electron chi connectivity index (χ0n) is 19.7. The van der Waals surface area contributed by atoms with Crippen molar-refractivity contribution in [3.8, 4) is 17.3 Å². The Labute approximate surface area is 198 Å². The molecule has 0 aliphatic rings. The van der Waals surface area contributed by atoms with Crippen molar-refractivity contribution in [2.24, 2.45) is 5.92 Å². The van der Waals surface area contributed by atoms with Gasteiger partial charge in [0.25, 0.3) is 0 Å². The predicted molar refractivity (Wildman–Crippen MR) is 128 cm³/mol. The molecule has 0 bridgehead atoms. The summed E-state index contributed by atoms with van der Waals surface area (Å²) in [4.78, 5) is 21.5. The second-order valence-electron chi connectivity index (χ2n) is 8.80. The van der Waals surface area contributed by atoms with Gasteiger partial charge in [-0.2, -0.15) is 10.4 Å². The normalized spacial score (nSPS) is 12.1. The molecule has 0 spiro atoms. The van der Waals surface area contributed by atoms with Crippen molar-refractivity contribution in [1.82, 2.24) is 24.3 Å². The molecule has 1 aromatic carbocycles. The molecule has 1 atom stereocenters. The molecule has 4 rings (SSSR count). The minimum absolute atomic E-state index is 0.0655. The van der Waals surface area contributed by atoms with Crippen LogP contribution in [0.5, 0.6) is 0 Å². The third kappa shape index (κ3) is 5.15. The highest BCUT2D eigenvalue weighted by atomic mass is 16.5. The summed E-state index contributed by atoms with van der Waals surface area (Å²) in [6.07, 6.45) is 8.33. The molecule has 0 radical (unpaired) electrons. The molecule has 8 heteroatoms. The average molecular weight is 457 g/mol. The van der Waals surface area contributed by atoms with Gasteiger partial charge in [0.15, 0.2) is 6.73 Å². The first kappa shape index (κ1) is 23.2. The summed E-state index contributed by atoms with van der Waals surface area (Å²) in [5.41, 5.74) is 4.47. The molecule has 3 heterocycles. The number of benzene rings is 1. The molecule has 0 aliphatic heterocycles. The van der Waals surface area contributed by atoms with Gasteiger partial charge in [-0.25, -0.2) is 9.97 Å². The van der Waals surface area contributed by atoms with Gasteiger partial charge in [-0.05, 0) is 36.5 Å². The zero-order valence-corrected chi connectivity index (χ0v) is 19.7. The molecule has 174 valence electrons. The van der Waals surface area contributed by atoms with Gasteiger partial charge in [-0.15, -0.1) is 0 Å². The molecule has 0 saturated carbocycles. The molecule has 0 N–H and O–H groups in total. The van der Waals surface area contributed by atoms with E-state index >= 15 is 0 Å². The summed E-state index contributed by atoms with van der Waals surface area (Å²) in [6.45, 7) is 6.83. The van der Waals surface area contributed by atoms with Crippen LogP contribution in [0.2, 0.25) is 0 Å². The fourth-order valence-electron chi connectivity index (χ4n) is 3.92. The first-order valence-electron chi connectivity index (χ1n) is 11.4. The Hall–Kier alpha value is -3.99. The number of esters is 1. The molecule has 0 fully saturated rings. The Kier molecular flexibility index (Phi) is 7.02. The number of carbonyl (C=O) groups excluding carboxylic acids is 1. The highest BCUT2D eigenvalue weighted by molar-refractivity contribution is 5.90. The van der Waals surface area contributed by atoms with E-state index in [0.717, 1.165) is 28.6 Å². The lowest BCUT2D eigenvalue weighted by Crippen LogP contribution is -2.15. The topological polar surface area (TPSA) is 98.6 Å². The smallest absolute Gasteiger partial charge is 0.314 e. The van der Waals surface area contributed by atoms with E-state index in [1.54, 1.807) is 15.4 Å². The molecule has 0 saturated heterocycles. The van der Waals surface area contributed by atoms with Crippen LogP contribution in [0.25, 0.3) is 22.3 Å². The summed E-state index contributed by atoms with van der Waals surface area (Å²) < 4.78 is 9.13. The number of ether oxygens (including phenoxy) is 1. The molecule has 1 unspecified atom stereocenters. The van der Waals surface area contributed by atoms with Gasteiger partial charge in [0.05, 0.1) is 36.8 Å². The average Bonchev–Trinajstić information content (AvgIpc) is 3.48. The van der Waals surface area contributed by atoms with E-state index in [2.05, 4.69) is 47.1 Å². The van der Waals surface area contributed by atoms with Gasteiger partial charge >= 0.3 is 5.97 Å². The molecule has 0 amide bonds. The summed E-state index contributed by atoms with van der Waals surface area (Å²) >= 11 is 0. The first-order chi connectivity index (χ1) is 16.5. The van der Waals surface area contributed by atoms with Gasteiger partial charge in [0.2, 0.25) is 0 Å². The summed E-state index contributed by atoms with van der Waals surface area (Å²) in [7, 11) is 0. The van der Waals surface area contributed by atoms with E-state index in [1.165, 1.54) is 11.9 Å². The fraction of sp³-hybridized carbons (Fsp3) is 0.346. The number of fused-ring (bicyclic) bond motifs is 1. The van der Waals surface area contributed by atoms with Crippen LogP contribution in [-0.2, 0) is 29.2 Å². The highest BCUT2D eigenvalue weighted by Gasteiger charge is 2.18. The number of rotatable bonds is 9. The molecule has 3 aromatic heterocycles. The van der Waals surface area contributed by atoms with Crippen LogP contribution in [0.15, 0.2) is 55.2 Å². The van der Waals surface area contributed by atoms with Crippen molar-refractivity contribution in [2.45, 2.75) is 52.8 Å². The molecule has 8 nitrogen and oxygen atoms in total. The maximum Gasteiger partial charge on any atom is 0.314 e. The lowest BCUT2D eigenvalue weighted by molar-refractivity contribution is -0.148. The second-order valence-corrected chi connectivity index (χ2v) is 8.80. The lowest BCUT2D eigenvalue weighted by Gasteiger charge is -2.14. The number of hydrogen-bond donors (Lipinski definition) is 0. The third-order valence-corrected chi connectivity index (χ3v) is 5.74. The quantitative estimate of drug-likeness (QED) is 0.338. The van der Waals surface area contributed by atoms with Crippen LogP contribution >= 0.6 is 0 Å². The van der Waals surface area contributed by atoms with Gasteiger partial charge in [-0.1, -0.05) is 38.1 Å². The minimum Gasteiger partial charge on any atom is -0.443 e. The molecular formula is C26H28N6O2. The lowest BCUT2D eigenvalue weighted by atomic mass is 9.97. The number of aromatic nitrogens is 5. The van der Waals surface area contributed by atoms with E-state index in [9.17, 15) is 4.79 Å². The maximum atomic E-state index is 12.7. The van der Waals surface area contributed by atoms with Crippen LogP contribution in [-0.4, -0.2) is 30.3 Å². The third-order valence-electron chi connectivity index (χ3n) is 5.74. The Balaban J connectivity index is 1.45. The Morgan fingerprint density at radius 1 is 1.15 bits per heavy atom. The van der Waals surface area contributed by atoms with E-state index in [-0.39, 0.29) is 18.6 Å². The van der Waals surface area contributed by atoms with Crippen molar-refractivity contribution in [3.63, 3.8) is 0 Å². The van der Waals surface area contributed by atoms with E-state index < -0.39 is 0 Å². The minimum atomic E-state index is -0.362. The van der Waals surface area contributed by atoms with Gasteiger partial charge in [0.1, 0.15) is 12.0 Å². The van der Waals surface area contributed by atoms with E-state index in [4.69, 9.17) is 10.00 Å². The maximum absolute atomic E-state index is 12.7.